The highest BCUT2D eigenvalue weighted by Crippen LogP contribution is 2.22. The van der Waals surface area contributed by atoms with Crippen LogP contribution in [0, 0.1) is 6.92 Å². The smallest absolute Gasteiger partial charge is 0.246 e. The van der Waals surface area contributed by atoms with Gasteiger partial charge >= 0.3 is 0 Å². The van der Waals surface area contributed by atoms with Crippen molar-refractivity contribution in [3.8, 4) is 5.88 Å². The number of halogens is 1. The van der Waals surface area contributed by atoms with Gasteiger partial charge in [-0.1, -0.05) is 5.16 Å². The number of aryl methyl sites for hydroxylation is 2. The van der Waals surface area contributed by atoms with Gasteiger partial charge in [0.05, 0.1) is 7.11 Å². The minimum absolute atomic E-state index is 0.379. The highest BCUT2D eigenvalue weighted by Gasteiger charge is 2.18. The Balaban J connectivity index is 2.11. The number of hydrogen-bond donors (Lipinski definition) is 0. The molecule has 0 saturated carbocycles. The van der Waals surface area contributed by atoms with Gasteiger partial charge in [-0.3, -0.25) is 0 Å². The summed E-state index contributed by atoms with van der Waals surface area (Å²) in [7, 11) is 1.55. The van der Waals surface area contributed by atoms with E-state index in [1.165, 1.54) is 6.33 Å². The molecule has 3 heterocycles. The molecule has 21 heavy (non-hydrogen) atoms. The van der Waals surface area contributed by atoms with E-state index in [0.29, 0.717) is 47.6 Å². The molecule has 0 spiro atoms. The van der Waals surface area contributed by atoms with Gasteiger partial charge in [-0.2, -0.15) is 9.97 Å². The number of nitrogens with zero attached hydrogens (tertiary/aromatic N) is 6. The minimum atomic E-state index is 0.379. The lowest BCUT2D eigenvalue weighted by Gasteiger charge is -2.04. The summed E-state index contributed by atoms with van der Waals surface area (Å²) in [5.74, 6) is 2.72. The SMILES string of the molecule is COc1ncnc2c1nc(CCCl)n2Cc1nc(C)no1. The maximum Gasteiger partial charge on any atom is 0.246 e. The molecule has 0 aliphatic carbocycles. The summed E-state index contributed by atoms with van der Waals surface area (Å²) in [5.41, 5.74) is 1.24. The van der Waals surface area contributed by atoms with Gasteiger partial charge in [-0.15, -0.1) is 11.6 Å². The Bertz CT molecular complexity index is 768. The Labute approximate surface area is 125 Å². The molecule has 0 atom stereocenters. The maximum atomic E-state index is 5.84. The van der Waals surface area contributed by atoms with Crippen LogP contribution in [0.5, 0.6) is 5.88 Å². The van der Waals surface area contributed by atoms with Gasteiger partial charge in [0.1, 0.15) is 18.7 Å². The number of aromatic nitrogens is 6. The van der Waals surface area contributed by atoms with Crippen LogP contribution < -0.4 is 4.74 Å². The quantitative estimate of drug-likeness (QED) is 0.657. The van der Waals surface area contributed by atoms with Gasteiger partial charge in [-0.05, 0) is 6.92 Å². The largest absolute Gasteiger partial charge is 0.479 e. The van der Waals surface area contributed by atoms with Crippen molar-refractivity contribution in [1.29, 1.82) is 0 Å². The van der Waals surface area contributed by atoms with Crippen molar-refractivity contribution in [2.75, 3.05) is 13.0 Å². The van der Waals surface area contributed by atoms with Crippen molar-refractivity contribution in [2.24, 2.45) is 0 Å². The third-order valence-electron chi connectivity index (χ3n) is 2.95. The van der Waals surface area contributed by atoms with Crippen molar-refractivity contribution in [2.45, 2.75) is 19.9 Å². The molecule has 110 valence electrons. The second-order valence-corrected chi connectivity index (χ2v) is 4.72. The number of alkyl halides is 1. The van der Waals surface area contributed by atoms with Crippen LogP contribution in [0.3, 0.4) is 0 Å². The standard InChI is InChI=1S/C12H13ClN6O2/c1-7-16-9(21-18-7)5-19-8(3-4-13)17-10-11(19)14-6-15-12(10)20-2/h6H,3-5H2,1-2H3. The van der Waals surface area contributed by atoms with Crippen LogP contribution in [-0.2, 0) is 13.0 Å². The van der Waals surface area contributed by atoms with Crippen LogP contribution in [-0.4, -0.2) is 42.6 Å². The van der Waals surface area contributed by atoms with Gasteiger partial charge in [0, 0.05) is 12.3 Å². The lowest BCUT2D eigenvalue weighted by Crippen LogP contribution is -2.07. The van der Waals surface area contributed by atoms with Gasteiger partial charge in [0.25, 0.3) is 0 Å². The lowest BCUT2D eigenvalue weighted by atomic mass is 10.4. The fraction of sp³-hybridized carbons (Fsp3) is 0.417. The Morgan fingerprint density at radius 3 is 2.86 bits per heavy atom. The van der Waals surface area contributed by atoms with Crippen LogP contribution in [0.2, 0.25) is 0 Å². The van der Waals surface area contributed by atoms with Gasteiger partial charge < -0.3 is 13.8 Å². The van der Waals surface area contributed by atoms with Gasteiger partial charge in [0.2, 0.25) is 11.8 Å². The van der Waals surface area contributed by atoms with E-state index in [2.05, 4.69) is 25.1 Å². The first-order chi connectivity index (χ1) is 10.2. The molecule has 0 radical (unpaired) electrons. The van der Waals surface area contributed by atoms with Crippen LogP contribution in [0.15, 0.2) is 10.9 Å². The number of ether oxygens (including phenoxy) is 1. The summed E-state index contributed by atoms with van der Waals surface area (Å²) in [6.07, 6.45) is 2.02. The zero-order chi connectivity index (χ0) is 14.8. The van der Waals surface area contributed by atoms with Crippen molar-refractivity contribution in [1.82, 2.24) is 29.7 Å². The summed E-state index contributed by atoms with van der Waals surface area (Å²) < 4.78 is 12.3. The summed E-state index contributed by atoms with van der Waals surface area (Å²) in [5, 5.41) is 3.78. The number of fused-ring (bicyclic) bond motifs is 1. The third-order valence-corrected chi connectivity index (χ3v) is 3.14. The maximum absolute atomic E-state index is 5.84. The van der Waals surface area contributed by atoms with Crippen LogP contribution in [0.4, 0.5) is 0 Å². The van der Waals surface area contributed by atoms with E-state index in [0.717, 1.165) is 5.82 Å². The molecule has 0 aliphatic heterocycles. The number of imidazole rings is 1. The number of rotatable bonds is 5. The van der Waals surface area contributed by atoms with Gasteiger partial charge in [-0.25, -0.2) is 9.97 Å². The highest BCUT2D eigenvalue weighted by molar-refractivity contribution is 6.17. The topological polar surface area (TPSA) is 91.8 Å². The first-order valence-electron chi connectivity index (χ1n) is 6.32. The van der Waals surface area contributed by atoms with Crippen molar-refractivity contribution in [3.05, 3.63) is 23.9 Å². The summed E-state index contributed by atoms with van der Waals surface area (Å²) in [6, 6.07) is 0. The Kier molecular flexibility index (Phi) is 3.70. The fourth-order valence-electron chi connectivity index (χ4n) is 2.09. The van der Waals surface area contributed by atoms with E-state index >= 15 is 0 Å². The zero-order valence-electron chi connectivity index (χ0n) is 11.6. The summed E-state index contributed by atoms with van der Waals surface area (Å²) in [6.45, 7) is 2.15. The second-order valence-electron chi connectivity index (χ2n) is 4.34. The molecule has 0 N–H and O–H groups in total. The van der Waals surface area contributed by atoms with Crippen molar-refractivity contribution >= 4 is 22.8 Å². The average molecular weight is 309 g/mol. The van der Waals surface area contributed by atoms with Crippen LogP contribution in [0.25, 0.3) is 11.2 Å². The van der Waals surface area contributed by atoms with E-state index in [9.17, 15) is 0 Å². The molecule has 0 aromatic carbocycles. The molecular weight excluding hydrogens is 296 g/mol. The predicted molar refractivity (Wildman–Crippen MR) is 74.4 cm³/mol. The van der Waals surface area contributed by atoms with E-state index in [1.807, 2.05) is 4.57 Å². The first kappa shape index (κ1) is 13.7. The highest BCUT2D eigenvalue weighted by atomic mass is 35.5. The average Bonchev–Trinajstić information content (AvgIpc) is 3.04. The van der Waals surface area contributed by atoms with E-state index < -0.39 is 0 Å². The molecule has 0 bridgehead atoms. The molecule has 9 heteroatoms. The monoisotopic (exact) mass is 308 g/mol. The molecule has 3 aromatic rings. The molecule has 3 rings (SSSR count). The fourth-order valence-corrected chi connectivity index (χ4v) is 2.26. The van der Waals surface area contributed by atoms with Crippen molar-refractivity contribution in [3.63, 3.8) is 0 Å². The first-order valence-corrected chi connectivity index (χ1v) is 6.85. The van der Waals surface area contributed by atoms with Crippen molar-refractivity contribution < 1.29 is 9.26 Å². The van der Waals surface area contributed by atoms with E-state index in [4.69, 9.17) is 20.9 Å². The number of methoxy groups -OCH3 is 1. The summed E-state index contributed by atoms with van der Waals surface area (Å²) in [4.78, 5) is 17.0. The van der Waals surface area contributed by atoms with Gasteiger partial charge in [0.15, 0.2) is 17.0 Å². The molecule has 0 amide bonds. The van der Waals surface area contributed by atoms with E-state index in [1.54, 1.807) is 14.0 Å². The van der Waals surface area contributed by atoms with Crippen LogP contribution >= 0.6 is 11.6 Å². The molecular formula is C12H13ClN6O2. The van der Waals surface area contributed by atoms with Crippen LogP contribution in [0.1, 0.15) is 17.5 Å². The second kappa shape index (κ2) is 5.65. The summed E-state index contributed by atoms with van der Waals surface area (Å²) >= 11 is 5.84. The number of hydrogen-bond acceptors (Lipinski definition) is 7. The van der Waals surface area contributed by atoms with E-state index in [-0.39, 0.29) is 0 Å². The Morgan fingerprint density at radius 1 is 1.33 bits per heavy atom. The predicted octanol–water partition coefficient (Wildman–Crippen LogP) is 1.36. The zero-order valence-corrected chi connectivity index (χ0v) is 12.3. The third kappa shape index (κ3) is 2.54. The Hall–Kier alpha value is -2.22. The molecule has 0 fully saturated rings. The molecule has 8 nitrogen and oxygen atoms in total. The molecule has 0 unspecified atom stereocenters. The lowest BCUT2D eigenvalue weighted by molar-refractivity contribution is 0.367. The Morgan fingerprint density at radius 2 is 2.19 bits per heavy atom. The molecule has 0 saturated heterocycles. The minimum Gasteiger partial charge on any atom is -0.479 e. The molecule has 0 aliphatic rings. The molecule has 3 aromatic heterocycles. The normalized spacial score (nSPS) is 11.2.